The number of rotatable bonds is 5. The zero-order valence-electron chi connectivity index (χ0n) is 12.4. The molecule has 1 aliphatic heterocycles. The minimum atomic E-state index is 0.401. The molecule has 0 radical (unpaired) electrons. The van der Waals surface area contributed by atoms with Crippen molar-refractivity contribution in [1.29, 1.82) is 0 Å². The van der Waals surface area contributed by atoms with Gasteiger partial charge in [-0.15, -0.1) is 0 Å². The molecule has 2 nitrogen and oxygen atoms in total. The van der Waals surface area contributed by atoms with E-state index in [9.17, 15) is 0 Å². The maximum Gasteiger partial charge on any atom is 0.0471 e. The first kappa shape index (κ1) is 14.4. The molecule has 110 valence electrons. The van der Waals surface area contributed by atoms with E-state index in [1.807, 2.05) is 0 Å². The van der Waals surface area contributed by atoms with Crippen molar-refractivity contribution in [1.82, 2.24) is 4.90 Å². The molecule has 2 N–H and O–H groups in total. The Balaban J connectivity index is 1.71. The van der Waals surface area contributed by atoms with Crippen molar-refractivity contribution in [3.8, 4) is 0 Å². The normalized spacial score (nSPS) is 25.6. The molecule has 2 unspecified atom stereocenters. The van der Waals surface area contributed by atoms with Gasteiger partial charge in [0.2, 0.25) is 0 Å². The summed E-state index contributed by atoms with van der Waals surface area (Å²) in [5.41, 5.74) is 9.00. The highest BCUT2D eigenvalue weighted by Gasteiger charge is 2.27. The Bertz CT molecular complexity index is 427. The van der Waals surface area contributed by atoms with Gasteiger partial charge in [-0.25, -0.2) is 0 Å². The number of thioether (sulfide) groups is 1. The van der Waals surface area contributed by atoms with E-state index < -0.39 is 0 Å². The van der Waals surface area contributed by atoms with Gasteiger partial charge >= 0.3 is 0 Å². The lowest BCUT2D eigenvalue weighted by Gasteiger charge is -2.37. The van der Waals surface area contributed by atoms with Crippen molar-refractivity contribution in [3.05, 3.63) is 35.4 Å². The van der Waals surface area contributed by atoms with Gasteiger partial charge in [0.05, 0.1) is 0 Å². The van der Waals surface area contributed by atoms with Crippen LogP contribution in [0.25, 0.3) is 0 Å². The fraction of sp³-hybridized carbons (Fsp3) is 0.647. The van der Waals surface area contributed by atoms with Crippen LogP contribution in [-0.2, 0) is 0 Å². The minimum Gasteiger partial charge on any atom is -0.329 e. The van der Waals surface area contributed by atoms with E-state index in [-0.39, 0.29) is 0 Å². The lowest BCUT2D eigenvalue weighted by molar-refractivity contribution is 0.207. The second-order valence-corrected chi connectivity index (χ2v) is 7.50. The van der Waals surface area contributed by atoms with Crippen molar-refractivity contribution >= 4 is 11.8 Å². The molecule has 1 aliphatic carbocycles. The summed E-state index contributed by atoms with van der Waals surface area (Å²) < 4.78 is 0. The molecule has 2 fully saturated rings. The van der Waals surface area contributed by atoms with Gasteiger partial charge in [-0.05, 0) is 36.3 Å². The van der Waals surface area contributed by atoms with Crippen LogP contribution in [-0.4, -0.2) is 35.5 Å². The van der Waals surface area contributed by atoms with Crippen LogP contribution in [0.1, 0.15) is 49.3 Å². The highest BCUT2D eigenvalue weighted by atomic mass is 32.2. The van der Waals surface area contributed by atoms with Crippen LogP contribution in [0.15, 0.2) is 24.3 Å². The van der Waals surface area contributed by atoms with Crippen molar-refractivity contribution in [2.75, 3.05) is 25.4 Å². The average Bonchev–Trinajstić information content (AvgIpc) is 3.34. The van der Waals surface area contributed by atoms with Crippen LogP contribution in [0.4, 0.5) is 0 Å². The van der Waals surface area contributed by atoms with Crippen LogP contribution in [0.5, 0.6) is 0 Å². The highest BCUT2D eigenvalue weighted by molar-refractivity contribution is 8.00. The molecular formula is C17H26N2S. The van der Waals surface area contributed by atoms with Gasteiger partial charge in [-0.1, -0.05) is 31.2 Å². The number of hydrogen-bond acceptors (Lipinski definition) is 3. The Morgan fingerprint density at radius 2 is 2.05 bits per heavy atom. The molecule has 3 rings (SSSR count). The van der Waals surface area contributed by atoms with Crippen LogP contribution in [0.2, 0.25) is 0 Å². The summed E-state index contributed by atoms with van der Waals surface area (Å²) in [4.78, 5) is 2.59. The maximum atomic E-state index is 6.08. The third kappa shape index (κ3) is 3.21. The minimum absolute atomic E-state index is 0.401. The molecule has 3 heteroatoms. The van der Waals surface area contributed by atoms with E-state index in [0.29, 0.717) is 6.04 Å². The second-order valence-electron chi connectivity index (χ2n) is 6.09. The summed E-state index contributed by atoms with van der Waals surface area (Å²) in [5.74, 6) is 2.09. The summed E-state index contributed by atoms with van der Waals surface area (Å²) in [7, 11) is 0. The van der Waals surface area contributed by atoms with E-state index in [1.54, 1.807) is 0 Å². The zero-order valence-corrected chi connectivity index (χ0v) is 13.2. The van der Waals surface area contributed by atoms with Crippen molar-refractivity contribution in [2.24, 2.45) is 5.73 Å². The summed E-state index contributed by atoms with van der Waals surface area (Å²) >= 11 is 2.12. The molecular weight excluding hydrogens is 264 g/mol. The van der Waals surface area contributed by atoms with Gasteiger partial charge in [-0.2, -0.15) is 11.8 Å². The molecule has 1 saturated carbocycles. The average molecular weight is 290 g/mol. The highest BCUT2D eigenvalue weighted by Crippen LogP contribution is 2.40. The maximum absolute atomic E-state index is 6.08. The number of nitrogens with two attached hydrogens (primary N) is 1. The van der Waals surface area contributed by atoms with E-state index in [4.69, 9.17) is 5.73 Å². The first-order valence-corrected chi connectivity index (χ1v) is 9.02. The second kappa shape index (κ2) is 6.50. The first-order valence-electron chi connectivity index (χ1n) is 7.97. The largest absolute Gasteiger partial charge is 0.329 e. The number of hydrogen-bond donors (Lipinski definition) is 1. The van der Waals surface area contributed by atoms with Gasteiger partial charge in [0, 0.05) is 36.7 Å². The Labute approximate surface area is 127 Å². The third-order valence-electron chi connectivity index (χ3n) is 4.66. The lowest BCUT2D eigenvalue weighted by atomic mass is 10.0. The summed E-state index contributed by atoms with van der Waals surface area (Å²) in [6, 6.07) is 9.68. The Morgan fingerprint density at radius 3 is 2.65 bits per heavy atom. The summed E-state index contributed by atoms with van der Waals surface area (Å²) in [5, 5.41) is 0.781. The predicted octanol–water partition coefficient (Wildman–Crippen LogP) is 3.39. The van der Waals surface area contributed by atoms with E-state index in [2.05, 4.69) is 47.9 Å². The van der Waals surface area contributed by atoms with Gasteiger partial charge < -0.3 is 5.73 Å². The molecule has 0 spiro atoms. The molecule has 0 bridgehead atoms. The molecule has 1 saturated heterocycles. The van der Waals surface area contributed by atoms with E-state index in [1.165, 1.54) is 49.2 Å². The Hall–Kier alpha value is -0.510. The lowest BCUT2D eigenvalue weighted by Crippen LogP contribution is -2.42. The van der Waals surface area contributed by atoms with Crippen LogP contribution in [0, 0.1) is 0 Å². The number of benzene rings is 1. The molecule has 2 atom stereocenters. The van der Waals surface area contributed by atoms with Gasteiger partial charge in [0.1, 0.15) is 0 Å². The van der Waals surface area contributed by atoms with E-state index >= 15 is 0 Å². The quantitative estimate of drug-likeness (QED) is 0.901. The smallest absolute Gasteiger partial charge is 0.0471 e. The van der Waals surface area contributed by atoms with Gasteiger partial charge in [-0.3, -0.25) is 4.90 Å². The Morgan fingerprint density at radius 1 is 1.30 bits per heavy atom. The molecule has 1 aromatic carbocycles. The van der Waals surface area contributed by atoms with Crippen molar-refractivity contribution < 1.29 is 0 Å². The SMILES string of the molecule is CCC1CN(C(CN)c2ccc(C3CC3)cc2)CCS1. The first-order chi connectivity index (χ1) is 9.81. The summed E-state index contributed by atoms with van der Waals surface area (Å²) in [6.07, 6.45) is 4.02. The van der Waals surface area contributed by atoms with Crippen LogP contribution >= 0.6 is 11.8 Å². The topological polar surface area (TPSA) is 29.3 Å². The third-order valence-corrected chi connectivity index (χ3v) is 6.03. The monoisotopic (exact) mass is 290 g/mol. The van der Waals surface area contributed by atoms with E-state index in [0.717, 1.165) is 17.7 Å². The van der Waals surface area contributed by atoms with Crippen LogP contribution < -0.4 is 5.73 Å². The molecule has 20 heavy (non-hydrogen) atoms. The zero-order chi connectivity index (χ0) is 13.9. The van der Waals surface area contributed by atoms with Crippen molar-refractivity contribution in [3.63, 3.8) is 0 Å². The standard InChI is InChI=1S/C17H26N2S/c1-2-16-12-19(9-10-20-16)17(11-18)15-7-5-14(6-8-15)13-3-4-13/h5-8,13,16-17H,2-4,9-12,18H2,1H3. The van der Waals surface area contributed by atoms with Crippen molar-refractivity contribution in [2.45, 2.75) is 43.4 Å². The molecule has 1 heterocycles. The molecule has 0 aromatic heterocycles. The fourth-order valence-electron chi connectivity index (χ4n) is 3.18. The summed E-state index contributed by atoms with van der Waals surface area (Å²) in [6.45, 7) is 5.38. The molecule has 0 amide bonds. The number of nitrogens with zero attached hydrogens (tertiary/aromatic N) is 1. The Kier molecular flexibility index (Phi) is 4.69. The predicted molar refractivity (Wildman–Crippen MR) is 88.3 cm³/mol. The molecule has 2 aliphatic rings. The van der Waals surface area contributed by atoms with Gasteiger partial charge in [0.15, 0.2) is 0 Å². The molecule has 1 aromatic rings. The van der Waals surface area contributed by atoms with Crippen LogP contribution in [0.3, 0.4) is 0 Å². The van der Waals surface area contributed by atoms with Gasteiger partial charge in [0.25, 0.3) is 0 Å². The fourth-order valence-corrected chi connectivity index (χ4v) is 4.38.